The molecule has 0 spiro atoms. The summed E-state index contributed by atoms with van der Waals surface area (Å²) in [5.41, 5.74) is 2.54. The van der Waals surface area contributed by atoms with Crippen molar-refractivity contribution in [2.45, 2.75) is 19.8 Å². The molecule has 0 fully saturated rings. The summed E-state index contributed by atoms with van der Waals surface area (Å²) < 4.78 is 4.89. The normalized spacial score (nSPS) is 9.73. The predicted octanol–water partition coefficient (Wildman–Crippen LogP) is 2.28. The molecule has 3 nitrogen and oxygen atoms in total. The van der Waals surface area contributed by atoms with Gasteiger partial charge < -0.3 is 10.1 Å². The van der Waals surface area contributed by atoms with Crippen molar-refractivity contribution in [2.24, 2.45) is 0 Å². The second kappa shape index (κ2) is 6.06. The Morgan fingerprint density at radius 3 is 2.60 bits per heavy atom. The van der Waals surface area contributed by atoms with Crippen molar-refractivity contribution in [3.8, 4) is 0 Å². The molecule has 0 aliphatic carbocycles. The highest BCUT2D eigenvalue weighted by Crippen LogP contribution is 2.05. The number of nitrogens with one attached hydrogen (secondary N) is 1. The molecular formula is C12H17NO2. The Labute approximate surface area is 90.4 Å². The zero-order valence-electron chi connectivity index (χ0n) is 9.25. The Morgan fingerprint density at radius 2 is 2.00 bits per heavy atom. The van der Waals surface area contributed by atoms with Crippen LogP contribution in [0.3, 0.4) is 0 Å². The van der Waals surface area contributed by atoms with E-state index in [1.807, 2.05) is 0 Å². The van der Waals surface area contributed by atoms with Crippen molar-refractivity contribution in [1.29, 1.82) is 0 Å². The van der Waals surface area contributed by atoms with Crippen LogP contribution < -0.4 is 5.32 Å². The molecule has 0 saturated heterocycles. The van der Waals surface area contributed by atoms with Crippen LogP contribution in [-0.2, 0) is 11.2 Å². The molecule has 1 aromatic carbocycles. The second-order valence-corrected chi connectivity index (χ2v) is 3.48. The number of hydrogen-bond donors (Lipinski definition) is 1. The smallest absolute Gasteiger partial charge is 0.406 e. The zero-order valence-corrected chi connectivity index (χ0v) is 9.25. The van der Waals surface area contributed by atoms with E-state index in [2.05, 4.69) is 36.5 Å². The Bertz CT molecular complexity index is 306. The van der Waals surface area contributed by atoms with Gasteiger partial charge in [-0.1, -0.05) is 29.8 Å². The van der Waals surface area contributed by atoms with E-state index in [-0.39, 0.29) is 6.09 Å². The summed E-state index contributed by atoms with van der Waals surface area (Å²) in [5, 5.41) is 2.41. The highest BCUT2D eigenvalue weighted by atomic mass is 16.5. The molecule has 0 aromatic heterocycles. The van der Waals surface area contributed by atoms with Gasteiger partial charge in [-0.3, -0.25) is 0 Å². The van der Waals surface area contributed by atoms with Crippen LogP contribution in [-0.4, -0.2) is 19.7 Å². The van der Waals surface area contributed by atoms with Gasteiger partial charge in [0.15, 0.2) is 0 Å². The summed E-state index contributed by atoms with van der Waals surface area (Å²) >= 11 is 0. The summed E-state index contributed by atoms with van der Waals surface area (Å²) in [6.07, 6.45) is 1.44. The lowest BCUT2D eigenvalue weighted by Crippen LogP contribution is -2.19. The molecule has 0 atom stereocenters. The maximum absolute atomic E-state index is 10.7. The lowest BCUT2D eigenvalue weighted by Gasteiger charge is -2.04. The van der Waals surface area contributed by atoms with Crippen LogP contribution in [0, 0.1) is 6.92 Å². The monoisotopic (exact) mass is 207 g/mol. The molecular weight excluding hydrogens is 190 g/mol. The molecule has 0 bridgehead atoms. The van der Waals surface area contributed by atoms with Crippen molar-refractivity contribution in [3.05, 3.63) is 35.4 Å². The molecule has 0 radical (unpaired) electrons. The molecule has 82 valence electrons. The van der Waals surface area contributed by atoms with Crippen LogP contribution in [0.4, 0.5) is 4.79 Å². The third kappa shape index (κ3) is 4.49. The third-order valence-electron chi connectivity index (χ3n) is 2.17. The fourth-order valence-corrected chi connectivity index (χ4v) is 1.27. The Balaban J connectivity index is 2.20. The highest BCUT2D eigenvalue weighted by Gasteiger charge is 1.97. The first-order valence-electron chi connectivity index (χ1n) is 5.12. The maximum Gasteiger partial charge on any atom is 0.406 e. The first kappa shape index (κ1) is 11.6. The minimum Gasteiger partial charge on any atom is -0.450 e. The van der Waals surface area contributed by atoms with E-state index in [1.165, 1.54) is 11.1 Å². The fraction of sp³-hybridized carbons (Fsp3) is 0.417. The Hall–Kier alpha value is -1.51. The number of amides is 1. The summed E-state index contributed by atoms with van der Waals surface area (Å²) in [5.74, 6) is 0. The molecule has 0 saturated carbocycles. The van der Waals surface area contributed by atoms with E-state index < -0.39 is 0 Å². The van der Waals surface area contributed by atoms with Crippen LogP contribution in [0.5, 0.6) is 0 Å². The van der Waals surface area contributed by atoms with E-state index >= 15 is 0 Å². The van der Waals surface area contributed by atoms with Crippen molar-refractivity contribution in [3.63, 3.8) is 0 Å². The maximum atomic E-state index is 10.7. The van der Waals surface area contributed by atoms with Gasteiger partial charge in [-0.05, 0) is 25.3 Å². The average molecular weight is 207 g/mol. The SMILES string of the molecule is CNC(=O)OCCCc1ccc(C)cc1. The summed E-state index contributed by atoms with van der Waals surface area (Å²) in [6, 6.07) is 8.40. The molecule has 15 heavy (non-hydrogen) atoms. The topological polar surface area (TPSA) is 38.3 Å². The quantitative estimate of drug-likeness (QED) is 0.769. The molecule has 1 rings (SSSR count). The van der Waals surface area contributed by atoms with Crippen molar-refractivity contribution in [2.75, 3.05) is 13.7 Å². The van der Waals surface area contributed by atoms with Gasteiger partial charge >= 0.3 is 6.09 Å². The number of aryl methyl sites for hydroxylation is 2. The summed E-state index contributed by atoms with van der Waals surface area (Å²) in [4.78, 5) is 10.7. The second-order valence-electron chi connectivity index (χ2n) is 3.48. The number of hydrogen-bond acceptors (Lipinski definition) is 2. The van der Waals surface area contributed by atoms with Gasteiger partial charge in [-0.2, -0.15) is 0 Å². The van der Waals surface area contributed by atoms with Gasteiger partial charge in [0.2, 0.25) is 0 Å². The Morgan fingerprint density at radius 1 is 1.33 bits per heavy atom. The van der Waals surface area contributed by atoms with Crippen molar-refractivity contribution < 1.29 is 9.53 Å². The summed E-state index contributed by atoms with van der Waals surface area (Å²) in [6.45, 7) is 2.53. The first-order chi connectivity index (χ1) is 7.22. The molecule has 1 aromatic rings. The molecule has 3 heteroatoms. The van der Waals surface area contributed by atoms with Crippen LogP contribution in [0.25, 0.3) is 0 Å². The number of benzene rings is 1. The molecule has 0 unspecified atom stereocenters. The number of rotatable bonds is 4. The Kier molecular flexibility index (Phi) is 4.68. The number of carbonyl (C=O) groups excluding carboxylic acids is 1. The van der Waals surface area contributed by atoms with E-state index in [9.17, 15) is 4.79 Å². The van der Waals surface area contributed by atoms with Gasteiger partial charge in [0.05, 0.1) is 6.61 Å². The van der Waals surface area contributed by atoms with Crippen molar-refractivity contribution in [1.82, 2.24) is 5.32 Å². The first-order valence-corrected chi connectivity index (χ1v) is 5.12. The standard InChI is InChI=1S/C12H17NO2/c1-10-5-7-11(8-6-10)4-3-9-15-12(14)13-2/h5-8H,3-4,9H2,1-2H3,(H,13,14). The van der Waals surface area contributed by atoms with E-state index in [4.69, 9.17) is 4.74 Å². The number of ether oxygens (including phenoxy) is 1. The van der Waals surface area contributed by atoms with Crippen LogP contribution >= 0.6 is 0 Å². The molecule has 0 aliphatic heterocycles. The minimum atomic E-state index is -0.362. The van der Waals surface area contributed by atoms with E-state index in [1.54, 1.807) is 7.05 Å². The zero-order chi connectivity index (χ0) is 11.1. The molecule has 0 aliphatic rings. The van der Waals surface area contributed by atoms with E-state index in [0.29, 0.717) is 6.61 Å². The number of carbonyl (C=O) groups is 1. The van der Waals surface area contributed by atoms with Crippen LogP contribution in [0.1, 0.15) is 17.5 Å². The van der Waals surface area contributed by atoms with Crippen LogP contribution in [0.15, 0.2) is 24.3 Å². The van der Waals surface area contributed by atoms with Crippen molar-refractivity contribution >= 4 is 6.09 Å². The molecule has 1 N–H and O–H groups in total. The minimum absolute atomic E-state index is 0.362. The predicted molar refractivity (Wildman–Crippen MR) is 59.9 cm³/mol. The molecule has 1 amide bonds. The van der Waals surface area contributed by atoms with Gasteiger partial charge in [0, 0.05) is 7.05 Å². The number of alkyl carbamates (subject to hydrolysis) is 1. The van der Waals surface area contributed by atoms with Gasteiger partial charge in [-0.15, -0.1) is 0 Å². The highest BCUT2D eigenvalue weighted by molar-refractivity contribution is 5.66. The lowest BCUT2D eigenvalue weighted by molar-refractivity contribution is 0.147. The van der Waals surface area contributed by atoms with Gasteiger partial charge in [-0.25, -0.2) is 4.79 Å². The largest absolute Gasteiger partial charge is 0.450 e. The van der Waals surface area contributed by atoms with Gasteiger partial charge in [0.1, 0.15) is 0 Å². The van der Waals surface area contributed by atoms with Gasteiger partial charge in [0.25, 0.3) is 0 Å². The molecule has 0 heterocycles. The summed E-state index contributed by atoms with van der Waals surface area (Å²) in [7, 11) is 1.56. The van der Waals surface area contributed by atoms with E-state index in [0.717, 1.165) is 12.8 Å². The van der Waals surface area contributed by atoms with Crippen LogP contribution in [0.2, 0.25) is 0 Å². The average Bonchev–Trinajstić information content (AvgIpc) is 2.26. The third-order valence-corrected chi connectivity index (χ3v) is 2.17. The fourth-order valence-electron chi connectivity index (χ4n) is 1.27. The lowest BCUT2D eigenvalue weighted by atomic mass is 10.1.